The third-order valence-electron chi connectivity index (χ3n) is 1.86. The molecular weight excluding hydrogens is 191 g/mol. The van der Waals surface area contributed by atoms with Gasteiger partial charge in [0.05, 0.1) is 0 Å². The number of fused-ring (bicyclic) bond motifs is 1. The van der Waals surface area contributed by atoms with Crippen LogP contribution in [0.3, 0.4) is 0 Å². The molecule has 0 fully saturated rings. The summed E-state index contributed by atoms with van der Waals surface area (Å²) < 4.78 is 10.2. The molecule has 0 radical (unpaired) electrons. The van der Waals surface area contributed by atoms with Crippen LogP contribution in [0, 0.1) is 0 Å². The zero-order valence-electron chi connectivity index (χ0n) is 7.04. The van der Waals surface area contributed by atoms with Crippen LogP contribution in [0.5, 0.6) is 11.5 Å². The molecule has 0 saturated heterocycles. The molecule has 7 heteroatoms. The number of ether oxygens (including phenoxy) is 2. The van der Waals surface area contributed by atoms with Gasteiger partial charge in [-0.1, -0.05) is 6.07 Å². The van der Waals surface area contributed by atoms with Crippen LogP contribution in [0.15, 0.2) is 18.2 Å². The molecule has 1 heterocycles. The van der Waals surface area contributed by atoms with Gasteiger partial charge < -0.3 is 9.47 Å². The molecular formula is C7H7BO6. The van der Waals surface area contributed by atoms with E-state index in [-0.39, 0.29) is 6.79 Å². The first-order chi connectivity index (χ1) is 6.85. The molecule has 0 bridgehead atoms. The number of benzene rings is 1. The predicted octanol–water partition coefficient (Wildman–Crippen LogP) is 0.0897. The smallest absolute Gasteiger partial charge is 0.454 e. The minimum atomic E-state index is -1.25. The molecule has 1 aliphatic rings. The maximum atomic E-state index is 8.37. The lowest BCUT2D eigenvalue weighted by Gasteiger charge is -2.05. The van der Waals surface area contributed by atoms with Crippen LogP contribution < -0.4 is 14.9 Å². The average Bonchev–Trinajstić information content (AvgIpc) is 2.66. The second-order valence-electron chi connectivity index (χ2n) is 2.66. The highest BCUT2D eigenvalue weighted by Crippen LogP contribution is 2.30. The Morgan fingerprint density at radius 2 is 1.86 bits per heavy atom. The molecule has 14 heavy (non-hydrogen) atoms. The van der Waals surface area contributed by atoms with Gasteiger partial charge in [-0.15, -0.1) is 0 Å². The third-order valence-corrected chi connectivity index (χ3v) is 1.86. The maximum absolute atomic E-state index is 8.37. The van der Waals surface area contributed by atoms with Gasteiger partial charge in [0.1, 0.15) is 0 Å². The van der Waals surface area contributed by atoms with Crippen molar-refractivity contribution in [2.45, 2.75) is 0 Å². The molecule has 2 rings (SSSR count). The van der Waals surface area contributed by atoms with Crippen molar-refractivity contribution in [1.29, 1.82) is 0 Å². The highest BCUT2D eigenvalue weighted by atomic mass is 17.2. The van der Waals surface area contributed by atoms with Crippen LogP contribution in [-0.4, -0.2) is 24.4 Å². The minimum Gasteiger partial charge on any atom is -0.454 e. The summed E-state index contributed by atoms with van der Waals surface area (Å²) in [7, 11) is -1.25. The van der Waals surface area contributed by atoms with Crippen LogP contribution in [0.1, 0.15) is 0 Å². The quantitative estimate of drug-likeness (QED) is 0.407. The summed E-state index contributed by atoms with van der Waals surface area (Å²) in [5.41, 5.74) is 0.416. The Labute approximate surface area is 79.6 Å². The van der Waals surface area contributed by atoms with Crippen LogP contribution in [0.25, 0.3) is 0 Å². The van der Waals surface area contributed by atoms with E-state index in [1.165, 1.54) is 0 Å². The van der Waals surface area contributed by atoms with Gasteiger partial charge >= 0.3 is 7.12 Å². The topological polar surface area (TPSA) is 77.4 Å². The Morgan fingerprint density at radius 1 is 1.14 bits per heavy atom. The summed E-state index contributed by atoms with van der Waals surface area (Å²) in [5, 5.41) is 16.7. The first-order valence-electron chi connectivity index (χ1n) is 3.85. The average molecular weight is 198 g/mol. The van der Waals surface area contributed by atoms with Gasteiger partial charge in [0, 0.05) is 0 Å². The van der Waals surface area contributed by atoms with Gasteiger partial charge in [-0.05, 0) is 17.6 Å². The van der Waals surface area contributed by atoms with Gasteiger partial charge in [-0.2, -0.15) is 0 Å². The molecule has 0 saturated carbocycles. The fourth-order valence-corrected chi connectivity index (χ4v) is 1.20. The summed E-state index contributed by atoms with van der Waals surface area (Å²) in [6, 6.07) is 4.74. The Bertz CT molecular complexity index is 326. The Hall–Kier alpha value is -1.28. The molecule has 2 N–H and O–H groups in total. The molecule has 6 nitrogen and oxygen atoms in total. The van der Waals surface area contributed by atoms with E-state index in [0.717, 1.165) is 0 Å². The van der Waals surface area contributed by atoms with E-state index in [0.29, 0.717) is 17.0 Å². The van der Waals surface area contributed by atoms with E-state index in [1.54, 1.807) is 18.2 Å². The van der Waals surface area contributed by atoms with Crippen molar-refractivity contribution in [1.82, 2.24) is 0 Å². The second kappa shape index (κ2) is 3.85. The highest BCUT2D eigenvalue weighted by molar-refractivity contribution is 6.60. The monoisotopic (exact) mass is 198 g/mol. The van der Waals surface area contributed by atoms with Crippen LogP contribution >= 0.6 is 0 Å². The van der Waals surface area contributed by atoms with Gasteiger partial charge in [0.25, 0.3) is 0 Å². The van der Waals surface area contributed by atoms with Crippen molar-refractivity contribution in [2.75, 3.05) is 6.79 Å². The molecule has 0 unspecified atom stereocenters. The Kier molecular flexibility index (Phi) is 2.55. The first kappa shape index (κ1) is 9.29. The molecule has 0 aliphatic carbocycles. The molecule has 0 spiro atoms. The molecule has 1 aromatic rings. The molecule has 1 aliphatic heterocycles. The fraction of sp³-hybridized carbons (Fsp3) is 0.143. The summed E-state index contributed by atoms with van der Waals surface area (Å²) in [5.74, 6) is 1.12. The standard InChI is InChI=1S/C7H7BO6/c9-13-8(14-10)5-1-2-6-7(3-5)12-4-11-6/h1-3,9-10H,4H2. The lowest BCUT2D eigenvalue weighted by molar-refractivity contribution is -0.221. The van der Waals surface area contributed by atoms with E-state index >= 15 is 0 Å². The molecule has 0 aromatic heterocycles. The number of rotatable bonds is 3. The number of hydrogen-bond donors (Lipinski definition) is 2. The van der Waals surface area contributed by atoms with Crippen molar-refractivity contribution < 1.29 is 29.6 Å². The zero-order chi connectivity index (χ0) is 9.97. The maximum Gasteiger partial charge on any atom is 0.554 e. The van der Waals surface area contributed by atoms with E-state index < -0.39 is 7.12 Å². The van der Waals surface area contributed by atoms with Crippen molar-refractivity contribution in [3.05, 3.63) is 18.2 Å². The number of hydrogen-bond acceptors (Lipinski definition) is 6. The first-order valence-corrected chi connectivity index (χ1v) is 3.85. The Morgan fingerprint density at radius 3 is 2.57 bits per heavy atom. The van der Waals surface area contributed by atoms with Gasteiger partial charge in [0.15, 0.2) is 11.5 Å². The van der Waals surface area contributed by atoms with E-state index in [9.17, 15) is 0 Å². The lowest BCUT2D eigenvalue weighted by Crippen LogP contribution is -2.34. The second-order valence-corrected chi connectivity index (χ2v) is 2.66. The van der Waals surface area contributed by atoms with Crippen LogP contribution in [-0.2, 0) is 9.61 Å². The summed E-state index contributed by atoms with van der Waals surface area (Å²) >= 11 is 0. The lowest BCUT2D eigenvalue weighted by atomic mass is 9.80. The summed E-state index contributed by atoms with van der Waals surface area (Å²) in [4.78, 5) is 7.75. The molecule has 0 atom stereocenters. The summed E-state index contributed by atoms with van der Waals surface area (Å²) in [6.45, 7) is 0.156. The Balaban J connectivity index is 2.27. The van der Waals surface area contributed by atoms with Gasteiger partial charge in [-0.25, -0.2) is 0 Å². The minimum absolute atomic E-state index is 0.156. The normalized spacial score (nSPS) is 13.0. The van der Waals surface area contributed by atoms with E-state index in [1.807, 2.05) is 0 Å². The van der Waals surface area contributed by atoms with Crippen LogP contribution in [0.2, 0.25) is 0 Å². The van der Waals surface area contributed by atoms with E-state index in [2.05, 4.69) is 9.61 Å². The van der Waals surface area contributed by atoms with Gasteiger partial charge in [-0.3, -0.25) is 20.1 Å². The third kappa shape index (κ3) is 1.53. The van der Waals surface area contributed by atoms with Crippen LogP contribution in [0.4, 0.5) is 0 Å². The SMILES string of the molecule is OOB(OO)c1ccc2c(c1)OCO2. The highest BCUT2D eigenvalue weighted by Gasteiger charge is 2.25. The van der Waals surface area contributed by atoms with E-state index in [4.69, 9.17) is 20.0 Å². The summed E-state index contributed by atoms with van der Waals surface area (Å²) in [6.07, 6.45) is 0. The van der Waals surface area contributed by atoms with Gasteiger partial charge in [0.2, 0.25) is 6.79 Å². The van der Waals surface area contributed by atoms with Crippen molar-refractivity contribution in [3.63, 3.8) is 0 Å². The zero-order valence-corrected chi connectivity index (χ0v) is 7.04. The largest absolute Gasteiger partial charge is 0.554 e. The predicted molar refractivity (Wildman–Crippen MR) is 45.4 cm³/mol. The van der Waals surface area contributed by atoms with Crippen molar-refractivity contribution in [2.24, 2.45) is 0 Å². The fourth-order valence-electron chi connectivity index (χ4n) is 1.20. The molecule has 74 valence electrons. The van der Waals surface area contributed by atoms with Crippen molar-refractivity contribution in [3.8, 4) is 11.5 Å². The van der Waals surface area contributed by atoms with Crippen molar-refractivity contribution >= 4 is 12.6 Å². The molecule has 1 aromatic carbocycles. The molecule has 0 amide bonds.